The van der Waals surface area contributed by atoms with E-state index in [-0.39, 0.29) is 36.6 Å². The summed E-state index contributed by atoms with van der Waals surface area (Å²) in [5.41, 5.74) is 3.06. The number of rotatable bonds is 6. The van der Waals surface area contributed by atoms with Gasteiger partial charge >= 0.3 is 0 Å². The first kappa shape index (κ1) is 23.0. The Labute approximate surface area is 200 Å². The molecule has 2 fully saturated rings. The molecule has 180 valence electrons. The number of fused-ring (bicyclic) bond motifs is 2. The number of benzene rings is 2. The predicted molar refractivity (Wildman–Crippen MR) is 128 cm³/mol. The normalized spacial score (nSPS) is 22.1. The number of carbonyl (C=O) groups is 2. The molecule has 0 radical (unpaired) electrons. The lowest BCUT2D eigenvalue weighted by Crippen LogP contribution is -2.50. The summed E-state index contributed by atoms with van der Waals surface area (Å²) in [5, 5.41) is 12.9. The van der Waals surface area contributed by atoms with Crippen molar-refractivity contribution in [2.45, 2.75) is 50.0 Å². The van der Waals surface area contributed by atoms with E-state index in [2.05, 4.69) is 23.5 Å². The van der Waals surface area contributed by atoms with Crippen LogP contribution in [-0.4, -0.2) is 65.5 Å². The summed E-state index contributed by atoms with van der Waals surface area (Å²) in [6.45, 7) is 2.60. The van der Waals surface area contributed by atoms with Gasteiger partial charge < -0.3 is 19.6 Å². The molecule has 3 aliphatic heterocycles. The summed E-state index contributed by atoms with van der Waals surface area (Å²) >= 11 is 0. The second kappa shape index (κ2) is 9.86. The molecule has 3 heterocycles. The van der Waals surface area contributed by atoms with Gasteiger partial charge in [-0.15, -0.1) is 0 Å². The Bertz CT molecular complexity index is 1020. The van der Waals surface area contributed by atoms with Gasteiger partial charge in [0.15, 0.2) is 0 Å². The third-order valence-electron chi connectivity index (χ3n) is 7.64. The number of amides is 2. The van der Waals surface area contributed by atoms with E-state index in [0.29, 0.717) is 26.2 Å². The van der Waals surface area contributed by atoms with Gasteiger partial charge in [0.05, 0.1) is 31.4 Å². The van der Waals surface area contributed by atoms with E-state index in [1.807, 2.05) is 41.3 Å². The van der Waals surface area contributed by atoms with Crippen LogP contribution >= 0.6 is 0 Å². The van der Waals surface area contributed by atoms with E-state index in [9.17, 15) is 14.7 Å². The third-order valence-corrected chi connectivity index (χ3v) is 7.64. The minimum Gasteiger partial charge on any atom is -0.394 e. The van der Waals surface area contributed by atoms with Crippen molar-refractivity contribution >= 4 is 11.8 Å². The van der Waals surface area contributed by atoms with Crippen LogP contribution in [0.3, 0.4) is 0 Å². The van der Waals surface area contributed by atoms with Gasteiger partial charge in [-0.05, 0) is 42.4 Å². The molecule has 5 rings (SSSR count). The summed E-state index contributed by atoms with van der Waals surface area (Å²) < 4.78 is 6.22. The molecule has 0 saturated carbocycles. The van der Waals surface area contributed by atoms with Crippen LogP contribution in [-0.2, 0) is 26.5 Å². The molecule has 2 saturated heterocycles. The van der Waals surface area contributed by atoms with Crippen molar-refractivity contribution in [3.05, 3.63) is 71.3 Å². The van der Waals surface area contributed by atoms with Crippen molar-refractivity contribution in [3.63, 3.8) is 0 Å². The smallest absolute Gasteiger partial charge is 0.244 e. The predicted octanol–water partition coefficient (Wildman–Crippen LogP) is 2.35. The van der Waals surface area contributed by atoms with E-state index in [0.717, 1.165) is 31.2 Å². The van der Waals surface area contributed by atoms with Crippen LogP contribution in [0, 0.1) is 0 Å². The molecule has 2 N–H and O–H groups in total. The second-order valence-corrected chi connectivity index (χ2v) is 9.56. The van der Waals surface area contributed by atoms with Crippen molar-refractivity contribution < 1.29 is 19.4 Å². The first-order valence-electron chi connectivity index (χ1n) is 12.3. The van der Waals surface area contributed by atoms with Crippen molar-refractivity contribution in [2.75, 3.05) is 32.8 Å². The highest BCUT2D eigenvalue weighted by molar-refractivity contribution is 5.85. The van der Waals surface area contributed by atoms with Gasteiger partial charge in [-0.25, -0.2) is 0 Å². The lowest BCUT2D eigenvalue weighted by Gasteiger charge is -2.39. The number of nitrogens with zero attached hydrogens (tertiary/aromatic N) is 2. The number of likely N-dealkylation sites (tertiary alicyclic amines) is 2. The highest BCUT2D eigenvalue weighted by atomic mass is 16.5. The monoisotopic (exact) mass is 463 g/mol. The highest BCUT2D eigenvalue weighted by Crippen LogP contribution is 2.43. The lowest BCUT2D eigenvalue weighted by molar-refractivity contribution is -0.138. The molecule has 2 aromatic rings. The molecule has 7 nitrogen and oxygen atoms in total. The Morgan fingerprint density at radius 1 is 1.06 bits per heavy atom. The van der Waals surface area contributed by atoms with Crippen LogP contribution in [0.25, 0.3) is 0 Å². The molecule has 1 spiro atoms. The Kier molecular flexibility index (Phi) is 6.68. The van der Waals surface area contributed by atoms with Gasteiger partial charge in [-0.3, -0.25) is 14.9 Å². The number of carbonyl (C=O) groups excluding carboxylic acids is 2. The molecular formula is C27H33N3O4. The van der Waals surface area contributed by atoms with Gasteiger partial charge in [0.1, 0.15) is 6.04 Å². The molecule has 2 amide bonds. The number of hydrogen-bond acceptors (Lipinski definition) is 5. The van der Waals surface area contributed by atoms with Gasteiger partial charge in [0.2, 0.25) is 11.8 Å². The fraction of sp³-hybridized carbons (Fsp3) is 0.481. The quantitative estimate of drug-likeness (QED) is 0.687. The zero-order valence-corrected chi connectivity index (χ0v) is 19.5. The zero-order chi connectivity index (χ0) is 23.5. The molecule has 0 unspecified atom stereocenters. The number of aliphatic hydroxyl groups is 1. The summed E-state index contributed by atoms with van der Waals surface area (Å²) in [7, 11) is 0. The Balaban J connectivity index is 1.23. The Morgan fingerprint density at radius 3 is 2.56 bits per heavy atom. The molecule has 0 aliphatic carbocycles. The van der Waals surface area contributed by atoms with Crippen LogP contribution in [0.2, 0.25) is 0 Å². The molecule has 0 bridgehead atoms. The van der Waals surface area contributed by atoms with Crippen molar-refractivity contribution in [2.24, 2.45) is 0 Å². The molecule has 2 atom stereocenters. The first-order valence-corrected chi connectivity index (χ1v) is 12.3. The minimum absolute atomic E-state index is 0.00464. The second-order valence-electron chi connectivity index (χ2n) is 9.56. The topological polar surface area (TPSA) is 82.1 Å². The van der Waals surface area contributed by atoms with E-state index < -0.39 is 6.04 Å². The average Bonchev–Trinajstić information content (AvgIpc) is 3.50. The average molecular weight is 464 g/mol. The standard InChI is InChI=1S/C27H33N3O4/c31-18-22-10-6-14-30(22)26(33)25(20-7-2-1-3-8-20)28-17-24(32)29-15-12-27(13-16-29)23-11-5-4-9-21(23)19-34-27/h1-5,7-9,11,22,25,28,31H,6,10,12-19H2/t22-,25-/m1/s1. The van der Waals surface area contributed by atoms with Gasteiger partial charge in [-0.1, -0.05) is 54.6 Å². The summed E-state index contributed by atoms with van der Waals surface area (Å²) in [6, 6.07) is 17.1. The summed E-state index contributed by atoms with van der Waals surface area (Å²) in [5.74, 6) is -0.0842. The number of aliphatic hydroxyl groups excluding tert-OH is 1. The molecule has 34 heavy (non-hydrogen) atoms. The van der Waals surface area contributed by atoms with Crippen molar-refractivity contribution in [1.29, 1.82) is 0 Å². The van der Waals surface area contributed by atoms with E-state index in [4.69, 9.17) is 4.74 Å². The SMILES string of the molecule is O=C(CN[C@@H](C(=O)N1CCC[C@@H]1CO)c1ccccc1)N1CCC2(CC1)OCc1ccccc12. The van der Waals surface area contributed by atoms with Crippen LogP contribution in [0.5, 0.6) is 0 Å². The maximum absolute atomic E-state index is 13.4. The van der Waals surface area contributed by atoms with Gasteiger partial charge in [0.25, 0.3) is 0 Å². The molecule has 2 aromatic carbocycles. The zero-order valence-electron chi connectivity index (χ0n) is 19.5. The van der Waals surface area contributed by atoms with Gasteiger partial charge in [-0.2, -0.15) is 0 Å². The number of nitrogens with one attached hydrogen (secondary N) is 1. The minimum atomic E-state index is -0.613. The van der Waals surface area contributed by atoms with E-state index >= 15 is 0 Å². The van der Waals surface area contributed by atoms with Crippen LogP contribution < -0.4 is 5.32 Å². The largest absolute Gasteiger partial charge is 0.394 e. The molecular weight excluding hydrogens is 430 g/mol. The first-order chi connectivity index (χ1) is 16.6. The maximum Gasteiger partial charge on any atom is 0.244 e. The molecule has 3 aliphatic rings. The van der Waals surface area contributed by atoms with Crippen molar-refractivity contribution in [3.8, 4) is 0 Å². The molecule has 7 heteroatoms. The number of hydrogen-bond donors (Lipinski definition) is 2. The fourth-order valence-corrected chi connectivity index (χ4v) is 5.69. The van der Waals surface area contributed by atoms with Crippen LogP contribution in [0.4, 0.5) is 0 Å². The van der Waals surface area contributed by atoms with E-state index in [1.54, 1.807) is 4.90 Å². The fourth-order valence-electron chi connectivity index (χ4n) is 5.69. The van der Waals surface area contributed by atoms with E-state index in [1.165, 1.54) is 11.1 Å². The Hall–Kier alpha value is -2.74. The van der Waals surface area contributed by atoms with Crippen LogP contribution in [0.15, 0.2) is 54.6 Å². The van der Waals surface area contributed by atoms with Crippen LogP contribution in [0.1, 0.15) is 48.4 Å². The Morgan fingerprint density at radius 2 is 1.79 bits per heavy atom. The van der Waals surface area contributed by atoms with Crippen molar-refractivity contribution in [1.82, 2.24) is 15.1 Å². The third kappa shape index (κ3) is 4.35. The van der Waals surface area contributed by atoms with Gasteiger partial charge in [0, 0.05) is 19.6 Å². The number of piperidine rings is 1. The lowest BCUT2D eigenvalue weighted by atomic mass is 9.84. The molecule has 0 aromatic heterocycles. The summed E-state index contributed by atoms with van der Waals surface area (Å²) in [4.78, 5) is 30.1. The summed E-state index contributed by atoms with van der Waals surface area (Å²) in [6.07, 6.45) is 3.26. The number of ether oxygens (including phenoxy) is 1. The maximum atomic E-state index is 13.4. The highest BCUT2D eigenvalue weighted by Gasteiger charge is 2.43.